The van der Waals surface area contributed by atoms with Crippen LogP contribution >= 0.6 is 0 Å². The molecule has 0 amide bonds. The third-order valence-corrected chi connectivity index (χ3v) is 2.26. The van der Waals surface area contributed by atoms with Gasteiger partial charge in [-0.05, 0) is 24.8 Å². The Kier molecular flexibility index (Phi) is 26.7. The van der Waals surface area contributed by atoms with E-state index >= 15 is 0 Å². The first-order valence-corrected chi connectivity index (χ1v) is 4.78. The Morgan fingerprint density at radius 1 is 1.11 bits per heavy atom. The molecular formula is C13H16FeO4. The fraction of sp³-hybridized carbons (Fsp3) is 0.462. The second kappa shape index (κ2) is 18.5. The molecule has 0 bridgehead atoms. The van der Waals surface area contributed by atoms with Crippen molar-refractivity contribution >= 4 is 0 Å². The zero-order chi connectivity index (χ0) is 14.4. The summed E-state index contributed by atoms with van der Waals surface area (Å²) in [5, 5.41) is 9.49. The molecule has 1 aliphatic rings. The van der Waals surface area contributed by atoms with Crippen molar-refractivity contribution in [2.24, 2.45) is 5.92 Å². The Labute approximate surface area is 119 Å². The van der Waals surface area contributed by atoms with Gasteiger partial charge in [-0.2, -0.15) is 0 Å². The van der Waals surface area contributed by atoms with E-state index in [-0.39, 0.29) is 23.2 Å². The SMILES string of the molecule is CC1=CC=C(C(C)C)C[C@@H]1O.[C-]#[O+].[C-]#[O+].[C-]#[O+].[Fe]. The third-order valence-electron chi connectivity index (χ3n) is 2.26. The van der Waals surface area contributed by atoms with Crippen LogP contribution in [0.4, 0.5) is 0 Å². The minimum Gasteiger partial charge on any atom is 0 e. The zero-order valence-corrected chi connectivity index (χ0v) is 11.6. The van der Waals surface area contributed by atoms with Gasteiger partial charge in [-0.15, -0.1) is 0 Å². The molecular weight excluding hydrogens is 276 g/mol. The van der Waals surface area contributed by atoms with Gasteiger partial charge in [-0.25, -0.2) is 0 Å². The number of rotatable bonds is 1. The summed E-state index contributed by atoms with van der Waals surface area (Å²) in [6.45, 7) is 19.8. The topological polar surface area (TPSA) is 79.9 Å². The first-order valence-electron chi connectivity index (χ1n) is 4.78. The molecule has 0 aromatic rings. The Morgan fingerprint density at radius 2 is 1.50 bits per heavy atom. The quantitative estimate of drug-likeness (QED) is 0.448. The number of allylic oxidation sites excluding steroid dienone is 2. The van der Waals surface area contributed by atoms with Crippen LogP contribution in [0.3, 0.4) is 0 Å². The molecule has 0 aromatic heterocycles. The van der Waals surface area contributed by atoms with Gasteiger partial charge in [-0.3, -0.25) is 0 Å². The molecule has 0 unspecified atom stereocenters. The van der Waals surface area contributed by atoms with E-state index in [1.165, 1.54) is 5.57 Å². The van der Waals surface area contributed by atoms with Gasteiger partial charge in [0.1, 0.15) is 0 Å². The van der Waals surface area contributed by atoms with E-state index in [0.29, 0.717) is 5.92 Å². The summed E-state index contributed by atoms with van der Waals surface area (Å²) in [6.07, 6.45) is 4.73. The van der Waals surface area contributed by atoms with Gasteiger partial charge < -0.3 is 5.11 Å². The van der Waals surface area contributed by atoms with Crippen LogP contribution in [0.25, 0.3) is 0 Å². The van der Waals surface area contributed by atoms with Crippen molar-refractivity contribution < 1.29 is 36.1 Å². The summed E-state index contributed by atoms with van der Waals surface area (Å²) in [6, 6.07) is 0. The normalized spacial score (nSPS) is 15.6. The standard InChI is InChI=1S/C10H16O.3CO.Fe/c1-7(2)9-5-4-8(3)10(11)6-9;3*1-2;/h4-5,7,10-11H,6H2,1-3H3;;;;/t10-;;;;/m0..../s1. The molecule has 0 fully saturated rings. The van der Waals surface area contributed by atoms with E-state index < -0.39 is 0 Å². The molecule has 1 aliphatic carbocycles. The molecule has 0 saturated carbocycles. The number of aliphatic hydroxyl groups excluding tert-OH is 1. The number of hydrogen-bond acceptors (Lipinski definition) is 1. The molecule has 5 heteroatoms. The van der Waals surface area contributed by atoms with Gasteiger partial charge in [-0.1, -0.05) is 31.6 Å². The monoisotopic (exact) mass is 292 g/mol. The molecule has 100 valence electrons. The fourth-order valence-corrected chi connectivity index (χ4v) is 1.23. The van der Waals surface area contributed by atoms with Gasteiger partial charge in [0, 0.05) is 17.1 Å². The Bertz CT molecular complexity index is 296. The minimum atomic E-state index is -0.239. The van der Waals surface area contributed by atoms with Crippen LogP contribution in [0.5, 0.6) is 0 Å². The second-order valence-corrected chi connectivity index (χ2v) is 3.53. The van der Waals surface area contributed by atoms with Crippen LogP contribution in [0.1, 0.15) is 27.2 Å². The van der Waals surface area contributed by atoms with E-state index in [1.54, 1.807) is 0 Å². The summed E-state index contributed by atoms with van der Waals surface area (Å²) in [4.78, 5) is 0. The average Bonchev–Trinajstić information content (AvgIpc) is 2.39. The minimum absolute atomic E-state index is 0. The van der Waals surface area contributed by atoms with Gasteiger partial charge in [0.25, 0.3) is 0 Å². The molecule has 0 heterocycles. The molecule has 1 atom stereocenters. The number of hydrogen-bond donors (Lipinski definition) is 1. The van der Waals surface area contributed by atoms with E-state index in [1.807, 2.05) is 13.0 Å². The maximum atomic E-state index is 9.49. The molecule has 0 aromatic carbocycles. The average molecular weight is 292 g/mol. The summed E-state index contributed by atoms with van der Waals surface area (Å²) in [5.74, 6) is 0.564. The van der Waals surface area contributed by atoms with E-state index in [9.17, 15) is 5.11 Å². The van der Waals surface area contributed by atoms with Crippen molar-refractivity contribution in [3.63, 3.8) is 0 Å². The molecule has 1 rings (SSSR count). The van der Waals surface area contributed by atoms with Crippen molar-refractivity contribution in [1.82, 2.24) is 0 Å². The molecule has 0 aliphatic heterocycles. The summed E-state index contributed by atoms with van der Waals surface area (Å²) in [5.41, 5.74) is 2.43. The van der Waals surface area contributed by atoms with E-state index in [0.717, 1.165) is 12.0 Å². The Morgan fingerprint density at radius 3 is 1.78 bits per heavy atom. The molecule has 4 nitrogen and oxygen atoms in total. The smallest absolute Gasteiger partial charge is 0 e. The Balaban J connectivity index is -0.000000123. The maximum Gasteiger partial charge on any atom is 0 e. The molecule has 18 heavy (non-hydrogen) atoms. The van der Waals surface area contributed by atoms with Crippen molar-refractivity contribution in [1.29, 1.82) is 0 Å². The Hall–Kier alpha value is -0.821. The summed E-state index contributed by atoms with van der Waals surface area (Å²) in [7, 11) is 0. The fourth-order valence-electron chi connectivity index (χ4n) is 1.23. The molecule has 1 N–H and O–H groups in total. The predicted octanol–water partition coefficient (Wildman–Crippen LogP) is 2.16. The third kappa shape index (κ3) is 11.7. The largest absolute Gasteiger partial charge is 0 e. The first kappa shape index (κ1) is 25.9. The van der Waals surface area contributed by atoms with Crippen molar-refractivity contribution in [3.8, 4) is 0 Å². The summed E-state index contributed by atoms with van der Waals surface area (Å²) >= 11 is 0. The van der Waals surface area contributed by atoms with E-state index in [4.69, 9.17) is 14.0 Å². The predicted molar refractivity (Wildman–Crippen MR) is 59.1 cm³/mol. The van der Waals surface area contributed by atoms with Crippen LogP contribution in [0.2, 0.25) is 0 Å². The van der Waals surface area contributed by atoms with Crippen molar-refractivity contribution in [3.05, 3.63) is 43.2 Å². The van der Waals surface area contributed by atoms with E-state index in [2.05, 4.69) is 39.9 Å². The molecule has 0 radical (unpaired) electrons. The van der Waals surface area contributed by atoms with Crippen LogP contribution < -0.4 is 0 Å². The zero-order valence-electron chi connectivity index (χ0n) is 10.5. The number of aliphatic hydroxyl groups is 1. The van der Waals surface area contributed by atoms with Crippen molar-refractivity contribution in [2.75, 3.05) is 0 Å². The molecule has 0 spiro atoms. The first-order chi connectivity index (χ1) is 8.11. The van der Waals surface area contributed by atoms with Gasteiger partial charge in [0.15, 0.2) is 0 Å². The van der Waals surface area contributed by atoms with Gasteiger partial charge >= 0.3 is 33.9 Å². The van der Waals surface area contributed by atoms with Crippen molar-refractivity contribution in [2.45, 2.75) is 33.3 Å². The molecule has 0 saturated heterocycles. The van der Waals surface area contributed by atoms with Gasteiger partial charge in [0.05, 0.1) is 6.10 Å². The maximum absolute atomic E-state index is 9.49. The van der Waals surface area contributed by atoms with Crippen LogP contribution in [0.15, 0.2) is 23.3 Å². The van der Waals surface area contributed by atoms with Crippen LogP contribution in [0, 0.1) is 25.9 Å². The van der Waals surface area contributed by atoms with Crippen LogP contribution in [-0.4, -0.2) is 11.2 Å². The second-order valence-electron chi connectivity index (χ2n) is 3.53. The summed E-state index contributed by atoms with van der Waals surface area (Å²) < 4.78 is 22.5. The van der Waals surface area contributed by atoms with Gasteiger partial charge in [0.2, 0.25) is 0 Å². The van der Waals surface area contributed by atoms with Crippen LogP contribution in [-0.2, 0) is 31.0 Å².